The molecule has 5 heteroatoms. The molecule has 0 saturated carbocycles. The van der Waals surface area contributed by atoms with Crippen molar-refractivity contribution in [1.82, 2.24) is 14.7 Å². The lowest BCUT2D eigenvalue weighted by atomic mass is 10.0. The maximum atomic E-state index is 12.8. The number of hydrogen-bond acceptors (Lipinski definition) is 3. The molecule has 0 radical (unpaired) electrons. The zero-order chi connectivity index (χ0) is 17.3. The van der Waals surface area contributed by atoms with Crippen LogP contribution in [0.15, 0.2) is 30.3 Å². The summed E-state index contributed by atoms with van der Waals surface area (Å²) in [5, 5.41) is 4.41. The van der Waals surface area contributed by atoms with Crippen LogP contribution in [0.2, 0.25) is 0 Å². The van der Waals surface area contributed by atoms with Crippen molar-refractivity contribution in [3.63, 3.8) is 0 Å². The molecular weight excluding hydrogens is 302 g/mol. The number of carbonyl (C=O) groups excluding carboxylic acids is 1. The number of hydrogen-bond donors (Lipinski definition) is 0. The molecule has 5 nitrogen and oxygen atoms in total. The summed E-state index contributed by atoms with van der Waals surface area (Å²) in [4.78, 5) is 14.8. The highest BCUT2D eigenvalue weighted by Gasteiger charge is 2.30. The number of amides is 1. The van der Waals surface area contributed by atoms with E-state index >= 15 is 0 Å². The summed E-state index contributed by atoms with van der Waals surface area (Å²) in [5.74, 6) is 0.144. The van der Waals surface area contributed by atoms with Crippen molar-refractivity contribution in [3.05, 3.63) is 52.8 Å². The minimum Gasteiger partial charge on any atom is -0.367 e. The van der Waals surface area contributed by atoms with Crippen LogP contribution < -0.4 is 0 Å². The Morgan fingerprint density at radius 2 is 1.96 bits per heavy atom. The lowest BCUT2D eigenvalue weighted by Crippen LogP contribution is -2.46. The van der Waals surface area contributed by atoms with E-state index < -0.39 is 0 Å². The Labute approximate surface area is 143 Å². The molecule has 0 unspecified atom stereocenters. The summed E-state index contributed by atoms with van der Waals surface area (Å²) in [6.45, 7) is 7.24. The highest BCUT2D eigenvalue weighted by atomic mass is 16.5. The Morgan fingerprint density at radius 1 is 1.25 bits per heavy atom. The SMILES string of the molecule is Cc1nn(C)c(C)c1CC(=O)N1C[C@H](C)O[C@@H](c2ccccc2)C1. The molecule has 2 aromatic rings. The molecule has 1 fully saturated rings. The molecule has 0 spiro atoms. The van der Waals surface area contributed by atoms with Gasteiger partial charge >= 0.3 is 0 Å². The standard InChI is InChI=1S/C19H25N3O2/c1-13-11-22(12-18(24-13)16-8-6-5-7-9-16)19(23)10-17-14(2)20-21(4)15(17)3/h5-9,13,18H,10-12H2,1-4H3/t13-,18+/m0/s1. The van der Waals surface area contributed by atoms with Crippen LogP contribution in [0.3, 0.4) is 0 Å². The van der Waals surface area contributed by atoms with E-state index in [1.54, 1.807) is 0 Å². The quantitative estimate of drug-likeness (QED) is 0.870. The van der Waals surface area contributed by atoms with E-state index in [9.17, 15) is 4.79 Å². The van der Waals surface area contributed by atoms with Gasteiger partial charge in [0.25, 0.3) is 0 Å². The van der Waals surface area contributed by atoms with Crippen LogP contribution >= 0.6 is 0 Å². The largest absolute Gasteiger partial charge is 0.367 e. The predicted molar refractivity (Wildman–Crippen MR) is 92.7 cm³/mol. The van der Waals surface area contributed by atoms with Crippen molar-refractivity contribution in [3.8, 4) is 0 Å². The number of benzene rings is 1. The number of carbonyl (C=O) groups is 1. The molecule has 1 aliphatic rings. The van der Waals surface area contributed by atoms with E-state index in [1.165, 1.54) is 0 Å². The first kappa shape index (κ1) is 16.7. The van der Waals surface area contributed by atoms with Crippen molar-refractivity contribution >= 4 is 5.91 Å². The minimum atomic E-state index is -0.0602. The van der Waals surface area contributed by atoms with Crippen LogP contribution in [-0.4, -0.2) is 39.8 Å². The molecule has 2 atom stereocenters. The van der Waals surface area contributed by atoms with E-state index in [2.05, 4.69) is 17.2 Å². The maximum Gasteiger partial charge on any atom is 0.227 e. The van der Waals surface area contributed by atoms with E-state index in [0.29, 0.717) is 19.5 Å². The molecule has 1 aliphatic heterocycles. The number of aromatic nitrogens is 2. The average molecular weight is 327 g/mol. The molecule has 128 valence electrons. The predicted octanol–water partition coefficient (Wildman–Crippen LogP) is 2.57. The van der Waals surface area contributed by atoms with Gasteiger partial charge in [0.2, 0.25) is 5.91 Å². The first-order valence-electron chi connectivity index (χ1n) is 8.43. The van der Waals surface area contributed by atoms with Gasteiger partial charge in [0.05, 0.1) is 24.8 Å². The van der Waals surface area contributed by atoms with Crippen LogP contribution in [0.4, 0.5) is 0 Å². The van der Waals surface area contributed by atoms with Crippen molar-refractivity contribution in [2.24, 2.45) is 7.05 Å². The first-order chi connectivity index (χ1) is 11.5. The van der Waals surface area contributed by atoms with Gasteiger partial charge in [-0.1, -0.05) is 30.3 Å². The van der Waals surface area contributed by atoms with Gasteiger partial charge in [-0.3, -0.25) is 9.48 Å². The van der Waals surface area contributed by atoms with Crippen molar-refractivity contribution < 1.29 is 9.53 Å². The molecular formula is C19H25N3O2. The molecule has 24 heavy (non-hydrogen) atoms. The summed E-state index contributed by atoms with van der Waals surface area (Å²) in [7, 11) is 1.92. The van der Waals surface area contributed by atoms with Crippen LogP contribution in [0.5, 0.6) is 0 Å². The van der Waals surface area contributed by atoms with E-state index in [-0.39, 0.29) is 18.1 Å². The topological polar surface area (TPSA) is 47.4 Å². The van der Waals surface area contributed by atoms with E-state index in [4.69, 9.17) is 4.74 Å². The smallest absolute Gasteiger partial charge is 0.227 e. The maximum absolute atomic E-state index is 12.8. The number of ether oxygens (including phenoxy) is 1. The van der Waals surface area contributed by atoms with Gasteiger partial charge in [0.1, 0.15) is 6.10 Å². The Morgan fingerprint density at radius 3 is 2.58 bits per heavy atom. The van der Waals surface area contributed by atoms with Gasteiger partial charge in [0, 0.05) is 24.8 Å². The van der Waals surface area contributed by atoms with Crippen LogP contribution in [0.1, 0.15) is 35.5 Å². The van der Waals surface area contributed by atoms with Gasteiger partial charge in [0.15, 0.2) is 0 Å². The first-order valence-corrected chi connectivity index (χ1v) is 8.43. The molecule has 2 heterocycles. The Kier molecular flexibility index (Phi) is 4.71. The fourth-order valence-electron chi connectivity index (χ4n) is 3.34. The van der Waals surface area contributed by atoms with Crippen molar-refractivity contribution in [2.45, 2.75) is 39.4 Å². The number of nitrogens with zero attached hydrogens (tertiary/aromatic N) is 3. The van der Waals surface area contributed by atoms with Crippen LogP contribution in [0.25, 0.3) is 0 Å². The second-order valence-electron chi connectivity index (χ2n) is 6.59. The third-order valence-electron chi connectivity index (χ3n) is 4.77. The molecule has 0 bridgehead atoms. The summed E-state index contributed by atoms with van der Waals surface area (Å²) in [6.07, 6.45) is 0.374. The summed E-state index contributed by atoms with van der Waals surface area (Å²) < 4.78 is 7.88. The lowest BCUT2D eigenvalue weighted by Gasteiger charge is -2.37. The second kappa shape index (κ2) is 6.77. The van der Waals surface area contributed by atoms with Gasteiger partial charge in [-0.15, -0.1) is 0 Å². The Balaban J connectivity index is 1.74. The molecule has 1 amide bonds. The normalized spacial score (nSPS) is 21.1. The summed E-state index contributed by atoms with van der Waals surface area (Å²) in [5.41, 5.74) is 4.15. The van der Waals surface area contributed by atoms with E-state index in [0.717, 1.165) is 22.5 Å². The third kappa shape index (κ3) is 3.36. The monoisotopic (exact) mass is 327 g/mol. The van der Waals surface area contributed by atoms with Gasteiger partial charge < -0.3 is 9.64 Å². The molecule has 0 aliphatic carbocycles. The second-order valence-corrected chi connectivity index (χ2v) is 6.59. The fourth-order valence-corrected chi connectivity index (χ4v) is 3.34. The molecule has 3 rings (SSSR count). The molecule has 1 saturated heterocycles. The van der Waals surface area contributed by atoms with Crippen molar-refractivity contribution in [1.29, 1.82) is 0 Å². The zero-order valence-corrected chi connectivity index (χ0v) is 14.8. The van der Waals surface area contributed by atoms with Crippen LogP contribution in [-0.2, 0) is 23.0 Å². The van der Waals surface area contributed by atoms with Gasteiger partial charge in [-0.2, -0.15) is 5.10 Å². The number of rotatable bonds is 3. The van der Waals surface area contributed by atoms with Crippen molar-refractivity contribution in [2.75, 3.05) is 13.1 Å². The van der Waals surface area contributed by atoms with Crippen LogP contribution in [0, 0.1) is 13.8 Å². The molecule has 1 aromatic carbocycles. The third-order valence-corrected chi connectivity index (χ3v) is 4.77. The lowest BCUT2D eigenvalue weighted by molar-refractivity contribution is -0.144. The fraction of sp³-hybridized carbons (Fsp3) is 0.474. The number of morpholine rings is 1. The summed E-state index contributed by atoms with van der Waals surface area (Å²) >= 11 is 0. The number of aryl methyl sites for hydroxylation is 2. The van der Waals surface area contributed by atoms with Gasteiger partial charge in [-0.05, 0) is 26.3 Å². The highest BCUT2D eigenvalue weighted by molar-refractivity contribution is 5.79. The molecule has 1 aromatic heterocycles. The summed E-state index contributed by atoms with van der Waals surface area (Å²) in [6, 6.07) is 10.1. The zero-order valence-electron chi connectivity index (χ0n) is 14.8. The van der Waals surface area contributed by atoms with E-state index in [1.807, 2.05) is 55.6 Å². The average Bonchev–Trinajstić information content (AvgIpc) is 2.81. The molecule has 0 N–H and O–H groups in total. The Bertz CT molecular complexity index is 724. The Hall–Kier alpha value is -2.14. The highest BCUT2D eigenvalue weighted by Crippen LogP contribution is 2.26. The van der Waals surface area contributed by atoms with Gasteiger partial charge in [-0.25, -0.2) is 0 Å². The minimum absolute atomic E-state index is 0.0315.